The fraction of sp³-hybridized carbons (Fsp3) is 0.136. The molecule has 2 aromatic carbocycles. The monoisotopic (exact) mass is 398 g/mol. The molecule has 0 aliphatic rings. The Morgan fingerprint density at radius 3 is 2.46 bits per heavy atom. The van der Waals surface area contributed by atoms with Crippen LogP contribution in [0.25, 0.3) is 6.08 Å². The third kappa shape index (κ3) is 4.96. The van der Waals surface area contributed by atoms with Crippen LogP contribution in [0.5, 0.6) is 17.2 Å². The van der Waals surface area contributed by atoms with Crippen LogP contribution in [0.3, 0.4) is 0 Å². The van der Waals surface area contributed by atoms with Crippen molar-refractivity contribution in [2.24, 2.45) is 0 Å². The summed E-state index contributed by atoms with van der Waals surface area (Å²) in [6.45, 7) is 0.271. The highest BCUT2D eigenvalue weighted by atomic mass is 35.5. The second-order valence-electron chi connectivity index (χ2n) is 5.81. The molecule has 0 atom stereocenters. The number of carbonyl (C=O) groups is 1. The topological polar surface area (TPSA) is 57.9 Å². The maximum absolute atomic E-state index is 12.5. The van der Waals surface area contributed by atoms with Gasteiger partial charge in [-0.3, -0.25) is 4.79 Å². The van der Waals surface area contributed by atoms with E-state index in [2.05, 4.69) is 0 Å². The van der Waals surface area contributed by atoms with E-state index in [0.717, 1.165) is 0 Å². The number of hydrogen-bond donors (Lipinski definition) is 0. The van der Waals surface area contributed by atoms with Gasteiger partial charge in [-0.2, -0.15) is 0 Å². The van der Waals surface area contributed by atoms with Gasteiger partial charge in [0.1, 0.15) is 35.4 Å². The fourth-order valence-corrected chi connectivity index (χ4v) is 2.63. The van der Waals surface area contributed by atoms with Gasteiger partial charge in [0.05, 0.1) is 19.8 Å². The molecular weight excluding hydrogens is 380 g/mol. The van der Waals surface area contributed by atoms with Gasteiger partial charge in [0.15, 0.2) is 5.78 Å². The molecule has 0 spiro atoms. The van der Waals surface area contributed by atoms with Gasteiger partial charge >= 0.3 is 0 Å². The number of halogens is 1. The molecule has 0 amide bonds. The van der Waals surface area contributed by atoms with Crippen LogP contribution < -0.4 is 14.2 Å². The van der Waals surface area contributed by atoms with Gasteiger partial charge in [-0.1, -0.05) is 11.6 Å². The highest BCUT2D eigenvalue weighted by molar-refractivity contribution is 6.30. The molecule has 0 aliphatic heterocycles. The molecule has 0 saturated carbocycles. The molecule has 6 heteroatoms. The van der Waals surface area contributed by atoms with Gasteiger partial charge < -0.3 is 18.6 Å². The van der Waals surface area contributed by atoms with Crippen molar-refractivity contribution in [3.05, 3.63) is 82.8 Å². The third-order valence-corrected chi connectivity index (χ3v) is 4.20. The summed E-state index contributed by atoms with van der Waals surface area (Å²) >= 11 is 5.85. The number of allylic oxidation sites excluding steroid dienone is 1. The maximum Gasteiger partial charge on any atom is 0.189 e. The summed E-state index contributed by atoms with van der Waals surface area (Å²) in [6.07, 6.45) is 3.03. The predicted octanol–water partition coefficient (Wildman–Crippen LogP) is 5.43. The van der Waals surface area contributed by atoms with Crippen molar-refractivity contribution in [2.75, 3.05) is 14.2 Å². The first-order chi connectivity index (χ1) is 13.6. The smallest absolute Gasteiger partial charge is 0.189 e. The Morgan fingerprint density at radius 1 is 1.00 bits per heavy atom. The number of hydrogen-bond acceptors (Lipinski definition) is 5. The summed E-state index contributed by atoms with van der Waals surface area (Å²) < 4.78 is 21.7. The van der Waals surface area contributed by atoms with Crippen LogP contribution in [0.2, 0.25) is 5.02 Å². The van der Waals surface area contributed by atoms with E-state index in [1.165, 1.54) is 13.2 Å². The normalized spacial score (nSPS) is 10.8. The zero-order chi connectivity index (χ0) is 19.9. The zero-order valence-electron chi connectivity index (χ0n) is 15.5. The molecule has 1 heterocycles. The van der Waals surface area contributed by atoms with Crippen LogP contribution in [0.4, 0.5) is 0 Å². The van der Waals surface area contributed by atoms with Gasteiger partial charge in [-0.15, -0.1) is 0 Å². The first-order valence-corrected chi connectivity index (χ1v) is 8.88. The Bertz CT molecular complexity index is 973. The summed E-state index contributed by atoms with van der Waals surface area (Å²) in [7, 11) is 3.06. The number of carbonyl (C=O) groups excluding carboxylic acids is 1. The molecule has 0 N–H and O–H groups in total. The average Bonchev–Trinajstić information content (AvgIpc) is 3.19. The van der Waals surface area contributed by atoms with E-state index in [0.29, 0.717) is 39.4 Å². The van der Waals surface area contributed by atoms with Crippen molar-refractivity contribution in [3.63, 3.8) is 0 Å². The SMILES string of the molecule is COc1ccc(OC)c(C(=O)/C=C/c2ccc(COc3ccc(Cl)cc3)o2)c1. The Labute approximate surface area is 168 Å². The Morgan fingerprint density at radius 2 is 1.75 bits per heavy atom. The standard InChI is InChI=1S/C22H19ClO5/c1-25-18-10-12-22(26-2)20(13-18)21(24)11-9-17-7-8-19(28-17)14-27-16-5-3-15(23)4-6-16/h3-13H,14H2,1-2H3/b11-9+. The minimum atomic E-state index is -0.217. The van der Waals surface area contributed by atoms with Crippen LogP contribution in [-0.2, 0) is 6.61 Å². The molecule has 28 heavy (non-hydrogen) atoms. The molecule has 1 aromatic heterocycles. The second kappa shape index (κ2) is 9.15. The van der Waals surface area contributed by atoms with Crippen molar-refractivity contribution in [1.29, 1.82) is 0 Å². The molecular formula is C22H19ClO5. The van der Waals surface area contributed by atoms with Gasteiger partial charge in [0.2, 0.25) is 0 Å². The Balaban J connectivity index is 1.65. The lowest BCUT2D eigenvalue weighted by atomic mass is 10.1. The van der Waals surface area contributed by atoms with Crippen molar-refractivity contribution in [3.8, 4) is 17.2 Å². The van der Waals surface area contributed by atoms with Crippen molar-refractivity contribution in [2.45, 2.75) is 6.61 Å². The van der Waals surface area contributed by atoms with E-state index in [1.807, 2.05) is 0 Å². The summed E-state index contributed by atoms with van der Waals surface area (Å²) in [5, 5.41) is 0.648. The largest absolute Gasteiger partial charge is 0.497 e. The number of ether oxygens (including phenoxy) is 3. The quantitative estimate of drug-likeness (QED) is 0.374. The van der Waals surface area contributed by atoms with E-state index >= 15 is 0 Å². The molecule has 0 unspecified atom stereocenters. The van der Waals surface area contributed by atoms with E-state index in [-0.39, 0.29) is 12.4 Å². The predicted molar refractivity (Wildman–Crippen MR) is 107 cm³/mol. The summed E-state index contributed by atoms with van der Waals surface area (Å²) in [4.78, 5) is 12.5. The lowest BCUT2D eigenvalue weighted by Crippen LogP contribution is -1.99. The lowest BCUT2D eigenvalue weighted by molar-refractivity contribution is 0.104. The number of benzene rings is 2. The van der Waals surface area contributed by atoms with Crippen LogP contribution in [-0.4, -0.2) is 20.0 Å². The molecule has 0 radical (unpaired) electrons. The molecule has 3 rings (SSSR count). The van der Waals surface area contributed by atoms with Gasteiger partial charge in [-0.25, -0.2) is 0 Å². The van der Waals surface area contributed by atoms with Gasteiger partial charge in [0.25, 0.3) is 0 Å². The van der Waals surface area contributed by atoms with E-state index < -0.39 is 0 Å². The number of ketones is 1. The number of furan rings is 1. The van der Waals surface area contributed by atoms with E-state index in [9.17, 15) is 4.79 Å². The molecule has 5 nitrogen and oxygen atoms in total. The highest BCUT2D eigenvalue weighted by Gasteiger charge is 2.11. The van der Waals surface area contributed by atoms with Crippen LogP contribution in [0.15, 0.2) is 65.1 Å². The Hall–Kier alpha value is -3.18. The summed E-state index contributed by atoms with van der Waals surface area (Å²) in [5.74, 6) is 2.72. The van der Waals surface area contributed by atoms with Crippen LogP contribution in [0.1, 0.15) is 21.9 Å². The summed E-state index contributed by atoms with van der Waals surface area (Å²) in [5.41, 5.74) is 0.413. The minimum Gasteiger partial charge on any atom is -0.497 e. The van der Waals surface area contributed by atoms with E-state index in [4.69, 9.17) is 30.2 Å². The van der Waals surface area contributed by atoms with Crippen LogP contribution in [0, 0.1) is 0 Å². The summed E-state index contributed by atoms with van der Waals surface area (Å²) in [6, 6.07) is 15.7. The highest BCUT2D eigenvalue weighted by Crippen LogP contribution is 2.25. The van der Waals surface area contributed by atoms with Crippen molar-refractivity contribution in [1.82, 2.24) is 0 Å². The molecule has 144 valence electrons. The molecule has 0 saturated heterocycles. The Kier molecular flexibility index (Phi) is 6.40. The molecule has 0 fully saturated rings. The zero-order valence-corrected chi connectivity index (χ0v) is 16.2. The third-order valence-electron chi connectivity index (χ3n) is 3.95. The van der Waals surface area contributed by atoms with E-state index in [1.54, 1.807) is 67.8 Å². The molecule has 0 bridgehead atoms. The molecule has 0 aliphatic carbocycles. The minimum absolute atomic E-state index is 0.217. The maximum atomic E-state index is 12.5. The van der Waals surface area contributed by atoms with Crippen molar-refractivity contribution >= 4 is 23.5 Å². The fourth-order valence-electron chi connectivity index (χ4n) is 2.50. The average molecular weight is 399 g/mol. The van der Waals surface area contributed by atoms with Gasteiger partial charge in [-0.05, 0) is 66.7 Å². The van der Waals surface area contributed by atoms with Gasteiger partial charge in [0, 0.05) is 5.02 Å². The molecule has 3 aromatic rings. The van der Waals surface area contributed by atoms with Crippen molar-refractivity contribution < 1.29 is 23.4 Å². The van der Waals surface area contributed by atoms with Crippen LogP contribution >= 0.6 is 11.6 Å². The first-order valence-electron chi connectivity index (χ1n) is 8.50. The second-order valence-corrected chi connectivity index (χ2v) is 6.25. The number of rotatable bonds is 8. The number of methoxy groups -OCH3 is 2. The first kappa shape index (κ1) is 19.6. The lowest BCUT2D eigenvalue weighted by Gasteiger charge is -2.07.